The van der Waals surface area contributed by atoms with Gasteiger partial charge in [-0.2, -0.15) is 0 Å². The van der Waals surface area contributed by atoms with Crippen LogP contribution >= 0.6 is 0 Å². The molecule has 0 amide bonds. The third-order valence-corrected chi connectivity index (χ3v) is 6.33. The van der Waals surface area contributed by atoms with E-state index < -0.39 is 29.4 Å². The summed E-state index contributed by atoms with van der Waals surface area (Å²) in [5.41, 5.74) is 0.899. The highest BCUT2D eigenvalue weighted by molar-refractivity contribution is 5.66. The number of hydrogen-bond acceptors (Lipinski definition) is 9. The summed E-state index contributed by atoms with van der Waals surface area (Å²) < 4.78 is 32.6. The summed E-state index contributed by atoms with van der Waals surface area (Å²) >= 11 is 0. The third kappa shape index (κ3) is 5.45. The minimum atomic E-state index is -1.54. The minimum absolute atomic E-state index is 0.0973. The van der Waals surface area contributed by atoms with Gasteiger partial charge in [0.2, 0.25) is 0 Å². The fraction of sp³-hybridized carbons (Fsp3) is 0.462. The Balaban J connectivity index is 2.26. The Morgan fingerprint density at radius 1 is 0.857 bits per heavy atom. The van der Waals surface area contributed by atoms with Crippen molar-refractivity contribution >= 4 is 11.9 Å². The van der Waals surface area contributed by atoms with Crippen LogP contribution in [0.25, 0.3) is 0 Å². The number of ether oxygens (including phenoxy) is 6. The number of benzene rings is 2. The molecule has 0 unspecified atom stereocenters. The standard InChI is InChI=1S/C26H32O9/c1-15(27)34-13-20-25(17-7-8-21(30-3)22(9-17)31-4)19-11-24(33-6)23(32-5)10-18(19)12-26(20,29)14-35-16(2)28/h7-11,20,25,29H,12-14H2,1-6H3/t20-,25-,26-/m1/s1. The molecule has 9 heteroatoms. The molecule has 9 nitrogen and oxygen atoms in total. The van der Waals surface area contributed by atoms with Gasteiger partial charge in [-0.25, -0.2) is 0 Å². The van der Waals surface area contributed by atoms with Crippen LogP contribution in [0.2, 0.25) is 0 Å². The van der Waals surface area contributed by atoms with Gasteiger partial charge in [0.25, 0.3) is 0 Å². The van der Waals surface area contributed by atoms with E-state index in [0.29, 0.717) is 23.0 Å². The molecular formula is C26H32O9. The van der Waals surface area contributed by atoms with Crippen molar-refractivity contribution in [2.24, 2.45) is 5.92 Å². The molecule has 0 spiro atoms. The second kappa shape index (κ2) is 10.9. The SMILES string of the molecule is COc1ccc([C@@H]2c3cc(OC)c(OC)cc3C[C@@](O)(COC(C)=O)[C@@H]2COC(C)=O)cc1OC. The van der Waals surface area contributed by atoms with Crippen molar-refractivity contribution in [1.82, 2.24) is 0 Å². The Kier molecular flexibility index (Phi) is 8.11. The van der Waals surface area contributed by atoms with Gasteiger partial charge in [0.05, 0.1) is 35.0 Å². The fourth-order valence-corrected chi connectivity index (χ4v) is 4.67. The van der Waals surface area contributed by atoms with Gasteiger partial charge < -0.3 is 33.5 Å². The first-order chi connectivity index (χ1) is 16.7. The lowest BCUT2D eigenvalue weighted by Crippen LogP contribution is -2.52. The number of fused-ring (bicyclic) bond motifs is 1. The highest BCUT2D eigenvalue weighted by Crippen LogP contribution is 2.50. The fourth-order valence-electron chi connectivity index (χ4n) is 4.67. The average Bonchev–Trinajstić information content (AvgIpc) is 2.84. The number of rotatable bonds is 9. The molecule has 0 radical (unpaired) electrons. The van der Waals surface area contributed by atoms with Gasteiger partial charge in [-0.1, -0.05) is 6.07 Å². The molecule has 1 N–H and O–H groups in total. The molecule has 1 aliphatic carbocycles. The molecule has 2 aromatic rings. The van der Waals surface area contributed by atoms with Crippen molar-refractivity contribution in [3.8, 4) is 23.0 Å². The molecule has 0 bridgehead atoms. The van der Waals surface area contributed by atoms with Crippen molar-refractivity contribution in [3.05, 3.63) is 47.0 Å². The van der Waals surface area contributed by atoms with Crippen molar-refractivity contribution in [3.63, 3.8) is 0 Å². The van der Waals surface area contributed by atoms with Crippen molar-refractivity contribution in [2.45, 2.75) is 31.8 Å². The maximum Gasteiger partial charge on any atom is 0.302 e. The molecular weight excluding hydrogens is 456 g/mol. The Labute approximate surface area is 204 Å². The highest BCUT2D eigenvalue weighted by Gasteiger charge is 2.49. The van der Waals surface area contributed by atoms with Crippen LogP contribution in [0.5, 0.6) is 23.0 Å². The summed E-state index contributed by atoms with van der Waals surface area (Å²) in [6.07, 6.45) is 0.145. The first kappa shape index (κ1) is 26.2. The summed E-state index contributed by atoms with van der Waals surface area (Å²) in [5, 5.41) is 11.9. The molecule has 3 rings (SSSR count). The van der Waals surface area contributed by atoms with E-state index in [2.05, 4.69) is 0 Å². The lowest BCUT2D eigenvalue weighted by molar-refractivity contribution is -0.161. The zero-order valence-corrected chi connectivity index (χ0v) is 20.9. The first-order valence-corrected chi connectivity index (χ1v) is 11.1. The van der Waals surface area contributed by atoms with Gasteiger partial charge in [-0.3, -0.25) is 9.59 Å². The average molecular weight is 489 g/mol. The van der Waals surface area contributed by atoms with Crippen LogP contribution < -0.4 is 18.9 Å². The number of methoxy groups -OCH3 is 4. The Morgan fingerprint density at radius 3 is 2.00 bits per heavy atom. The van der Waals surface area contributed by atoms with Crippen LogP contribution in [0.3, 0.4) is 0 Å². The summed E-state index contributed by atoms with van der Waals surface area (Å²) in [4.78, 5) is 23.4. The number of carbonyl (C=O) groups is 2. The van der Waals surface area contributed by atoms with Gasteiger partial charge in [0.1, 0.15) is 12.2 Å². The van der Waals surface area contributed by atoms with E-state index in [-0.39, 0.29) is 19.6 Å². The quantitative estimate of drug-likeness (QED) is 0.533. The molecule has 0 aromatic heterocycles. The summed E-state index contributed by atoms with van der Waals surface area (Å²) in [6.45, 7) is 2.22. The topological polar surface area (TPSA) is 110 Å². The molecule has 3 atom stereocenters. The molecule has 0 saturated carbocycles. The normalized spacial score (nSPS) is 20.9. The van der Waals surface area contributed by atoms with E-state index in [4.69, 9.17) is 28.4 Å². The van der Waals surface area contributed by atoms with Gasteiger partial charge in [0.15, 0.2) is 23.0 Å². The second-order valence-electron chi connectivity index (χ2n) is 8.47. The minimum Gasteiger partial charge on any atom is -0.493 e. The maximum atomic E-state index is 11.9. The Morgan fingerprint density at radius 2 is 1.43 bits per heavy atom. The molecule has 2 aromatic carbocycles. The zero-order chi connectivity index (χ0) is 25.8. The van der Waals surface area contributed by atoms with E-state index in [1.807, 2.05) is 24.3 Å². The van der Waals surface area contributed by atoms with Crippen molar-refractivity contribution in [2.75, 3.05) is 41.7 Å². The highest BCUT2D eigenvalue weighted by atomic mass is 16.5. The molecule has 35 heavy (non-hydrogen) atoms. The Bertz CT molecular complexity index is 1080. The van der Waals surface area contributed by atoms with Crippen LogP contribution in [0.4, 0.5) is 0 Å². The molecule has 190 valence electrons. The summed E-state index contributed by atoms with van der Waals surface area (Å²) in [7, 11) is 6.17. The summed E-state index contributed by atoms with van der Waals surface area (Å²) in [5.74, 6) is -0.0557. The van der Waals surface area contributed by atoms with Crippen LogP contribution in [0.1, 0.15) is 36.5 Å². The molecule has 0 heterocycles. The molecule has 0 aliphatic heterocycles. The zero-order valence-electron chi connectivity index (χ0n) is 20.9. The largest absolute Gasteiger partial charge is 0.493 e. The van der Waals surface area contributed by atoms with Crippen LogP contribution in [0.15, 0.2) is 30.3 Å². The van der Waals surface area contributed by atoms with Gasteiger partial charge in [-0.15, -0.1) is 0 Å². The Hall–Kier alpha value is -3.46. The van der Waals surface area contributed by atoms with Gasteiger partial charge >= 0.3 is 11.9 Å². The van der Waals surface area contributed by atoms with Crippen molar-refractivity contribution < 1.29 is 43.1 Å². The van der Waals surface area contributed by atoms with Gasteiger partial charge in [0, 0.05) is 32.1 Å². The third-order valence-electron chi connectivity index (χ3n) is 6.33. The molecule has 0 saturated heterocycles. The molecule has 1 aliphatic rings. The summed E-state index contributed by atoms with van der Waals surface area (Å²) in [6, 6.07) is 9.13. The lowest BCUT2D eigenvalue weighted by Gasteiger charge is -2.45. The maximum absolute atomic E-state index is 11.9. The van der Waals surface area contributed by atoms with E-state index in [9.17, 15) is 14.7 Å². The predicted molar refractivity (Wildman–Crippen MR) is 126 cm³/mol. The van der Waals surface area contributed by atoms with E-state index in [0.717, 1.165) is 16.7 Å². The van der Waals surface area contributed by atoms with E-state index in [1.54, 1.807) is 20.3 Å². The van der Waals surface area contributed by atoms with Crippen LogP contribution in [-0.2, 0) is 25.5 Å². The first-order valence-electron chi connectivity index (χ1n) is 11.1. The number of aliphatic hydroxyl groups is 1. The van der Waals surface area contributed by atoms with Crippen LogP contribution in [0, 0.1) is 5.92 Å². The van der Waals surface area contributed by atoms with Crippen molar-refractivity contribution in [1.29, 1.82) is 0 Å². The second-order valence-corrected chi connectivity index (χ2v) is 8.47. The van der Waals surface area contributed by atoms with E-state index in [1.165, 1.54) is 28.1 Å². The predicted octanol–water partition coefficient (Wildman–Crippen LogP) is 2.88. The molecule has 0 fully saturated rings. The lowest BCUT2D eigenvalue weighted by atomic mass is 9.64. The number of hydrogen-bond donors (Lipinski definition) is 1. The van der Waals surface area contributed by atoms with E-state index >= 15 is 0 Å². The van der Waals surface area contributed by atoms with Crippen LogP contribution in [-0.4, -0.2) is 64.3 Å². The smallest absolute Gasteiger partial charge is 0.302 e. The number of carbonyl (C=O) groups excluding carboxylic acids is 2. The number of esters is 2. The van der Waals surface area contributed by atoms with Gasteiger partial charge in [-0.05, 0) is 41.0 Å². The monoisotopic (exact) mass is 488 g/mol.